The lowest BCUT2D eigenvalue weighted by atomic mass is 9.92. The van der Waals surface area contributed by atoms with Crippen LogP contribution in [0.5, 0.6) is 0 Å². The molecule has 0 bridgehead atoms. The Hall–Kier alpha value is -1.35. The number of benzene rings is 1. The van der Waals surface area contributed by atoms with Crippen LogP contribution in [0.3, 0.4) is 0 Å². The van der Waals surface area contributed by atoms with Gasteiger partial charge in [-0.05, 0) is 30.7 Å². The highest BCUT2D eigenvalue weighted by atomic mass is 16.5. The van der Waals surface area contributed by atoms with Crippen molar-refractivity contribution in [1.82, 2.24) is 4.90 Å². The van der Waals surface area contributed by atoms with Gasteiger partial charge in [-0.15, -0.1) is 0 Å². The summed E-state index contributed by atoms with van der Waals surface area (Å²) in [6.45, 7) is 2.30. The number of carbonyl (C=O) groups excluding carboxylic acids is 1. The number of ether oxygens (including phenoxy) is 1. The highest BCUT2D eigenvalue weighted by molar-refractivity contribution is 5.76. The van der Waals surface area contributed by atoms with Crippen LogP contribution in [0.15, 0.2) is 30.3 Å². The quantitative estimate of drug-likeness (QED) is 0.834. The largest absolute Gasteiger partial charge is 0.384 e. The summed E-state index contributed by atoms with van der Waals surface area (Å²) < 4.78 is 4.98. The van der Waals surface area contributed by atoms with Crippen LogP contribution in [-0.2, 0) is 9.53 Å². The van der Waals surface area contributed by atoms with E-state index >= 15 is 0 Å². The van der Waals surface area contributed by atoms with Gasteiger partial charge in [-0.2, -0.15) is 0 Å². The second-order valence-corrected chi connectivity index (χ2v) is 5.16. The molecule has 0 radical (unpaired) electrons. The summed E-state index contributed by atoms with van der Waals surface area (Å²) in [5, 5.41) is 0. The molecule has 0 aromatic heterocycles. The maximum atomic E-state index is 12.0. The maximum absolute atomic E-state index is 12.0. The van der Waals surface area contributed by atoms with Gasteiger partial charge in [0.2, 0.25) is 5.91 Å². The molecule has 1 amide bonds. The highest BCUT2D eigenvalue weighted by Crippen LogP contribution is 2.27. The lowest BCUT2D eigenvalue weighted by molar-refractivity contribution is -0.132. The van der Waals surface area contributed by atoms with Gasteiger partial charge >= 0.3 is 0 Å². The van der Waals surface area contributed by atoms with Crippen molar-refractivity contribution in [3.05, 3.63) is 35.9 Å². The molecular weight excluding hydrogens is 238 g/mol. The van der Waals surface area contributed by atoms with E-state index in [0.717, 1.165) is 25.9 Å². The Balaban J connectivity index is 1.89. The molecule has 1 aromatic rings. The standard InChI is InChI=1S/C16H23NO2/c1-19-13-10-16(18)17-11-5-8-15(9-12-17)14-6-3-2-4-7-14/h2-4,6-7,15H,5,8-13H2,1H3. The summed E-state index contributed by atoms with van der Waals surface area (Å²) in [5.41, 5.74) is 1.41. The van der Waals surface area contributed by atoms with Crippen LogP contribution in [0.2, 0.25) is 0 Å². The number of carbonyl (C=O) groups is 1. The Kier molecular flexibility index (Phi) is 5.40. The molecule has 1 aromatic carbocycles. The van der Waals surface area contributed by atoms with E-state index in [1.165, 1.54) is 12.0 Å². The van der Waals surface area contributed by atoms with E-state index in [4.69, 9.17) is 4.74 Å². The summed E-state index contributed by atoms with van der Waals surface area (Å²) in [6.07, 6.45) is 3.85. The van der Waals surface area contributed by atoms with Crippen molar-refractivity contribution < 1.29 is 9.53 Å². The predicted molar refractivity (Wildman–Crippen MR) is 76.1 cm³/mol. The number of amides is 1. The molecule has 0 spiro atoms. The fraction of sp³-hybridized carbons (Fsp3) is 0.562. The van der Waals surface area contributed by atoms with Gasteiger partial charge < -0.3 is 9.64 Å². The molecule has 19 heavy (non-hydrogen) atoms. The summed E-state index contributed by atoms with van der Waals surface area (Å²) in [7, 11) is 1.64. The fourth-order valence-electron chi connectivity index (χ4n) is 2.75. The average Bonchev–Trinajstić information content (AvgIpc) is 2.71. The van der Waals surface area contributed by atoms with Gasteiger partial charge in [-0.3, -0.25) is 4.79 Å². The van der Waals surface area contributed by atoms with Gasteiger partial charge in [0.05, 0.1) is 13.0 Å². The van der Waals surface area contributed by atoms with E-state index < -0.39 is 0 Å². The third-order valence-electron chi connectivity index (χ3n) is 3.87. The van der Waals surface area contributed by atoms with Gasteiger partial charge in [-0.1, -0.05) is 30.3 Å². The number of rotatable bonds is 4. The molecule has 1 heterocycles. The second-order valence-electron chi connectivity index (χ2n) is 5.16. The number of methoxy groups -OCH3 is 1. The SMILES string of the molecule is COCCC(=O)N1CCCC(c2ccccc2)CC1. The molecule has 0 N–H and O–H groups in total. The number of hydrogen-bond donors (Lipinski definition) is 0. The monoisotopic (exact) mass is 261 g/mol. The van der Waals surface area contributed by atoms with Crippen molar-refractivity contribution >= 4 is 5.91 Å². The van der Waals surface area contributed by atoms with E-state index in [-0.39, 0.29) is 5.91 Å². The molecule has 1 unspecified atom stereocenters. The van der Waals surface area contributed by atoms with Crippen LogP contribution in [0, 0.1) is 0 Å². The van der Waals surface area contributed by atoms with Crippen molar-refractivity contribution in [2.75, 3.05) is 26.8 Å². The highest BCUT2D eigenvalue weighted by Gasteiger charge is 2.21. The van der Waals surface area contributed by atoms with Crippen LogP contribution < -0.4 is 0 Å². The first-order chi connectivity index (χ1) is 9.31. The van der Waals surface area contributed by atoms with Crippen LogP contribution in [0.4, 0.5) is 0 Å². The Bertz CT molecular complexity index is 391. The predicted octanol–water partition coefficient (Wildman–Crippen LogP) is 2.82. The van der Waals surface area contributed by atoms with Gasteiger partial charge in [-0.25, -0.2) is 0 Å². The molecular formula is C16H23NO2. The number of hydrogen-bond acceptors (Lipinski definition) is 2. The first-order valence-electron chi connectivity index (χ1n) is 7.13. The minimum atomic E-state index is 0.232. The number of likely N-dealkylation sites (tertiary alicyclic amines) is 1. The third-order valence-corrected chi connectivity index (χ3v) is 3.87. The third kappa shape index (κ3) is 4.06. The Morgan fingerprint density at radius 1 is 1.26 bits per heavy atom. The molecule has 104 valence electrons. The van der Waals surface area contributed by atoms with Crippen molar-refractivity contribution in [2.45, 2.75) is 31.6 Å². The first-order valence-corrected chi connectivity index (χ1v) is 7.13. The van der Waals surface area contributed by atoms with Gasteiger partial charge in [0.1, 0.15) is 0 Å². The zero-order chi connectivity index (χ0) is 13.5. The molecule has 1 saturated heterocycles. The normalized spacial score (nSPS) is 20.1. The fourth-order valence-corrected chi connectivity index (χ4v) is 2.75. The molecule has 1 aliphatic heterocycles. The van der Waals surface area contributed by atoms with Crippen molar-refractivity contribution in [3.8, 4) is 0 Å². The summed E-state index contributed by atoms with van der Waals surface area (Å²) >= 11 is 0. The van der Waals surface area contributed by atoms with E-state index in [0.29, 0.717) is 18.9 Å². The molecule has 2 rings (SSSR count). The molecule has 0 aliphatic carbocycles. The minimum absolute atomic E-state index is 0.232. The lowest BCUT2D eigenvalue weighted by Gasteiger charge is -2.20. The van der Waals surface area contributed by atoms with Crippen LogP contribution in [-0.4, -0.2) is 37.6 Å². The molecule has 1 aliphatic rings. The molecule has 3 heteroatoms. The van der Waals surface area contributed by atoms with Crippen LogP contribution in [0.25, 0.3) is 0 Å². The van der Waals surface area contributed by atoms with Crippen molar-refractivity contribution in [1.29, 1.82) is 0 Å². The van der Waals surface area contributed by atoms with E-state index in [1.807, 2.05) is 4.90 Å². The molecule has 1 fully saturated rings. The summed E-state index contributed by atoms with van der Waals surface area (Å²) in [5.74, 6) is 0.831. The smallest absolute Gasteiger partial charge is 0.224 e. The van der Waals surface area contributed by atoms with Gasteiger partial charge in [0.15, 0.2) is 0 Å². The van der Waals surface area contributed by atoms with Crippen molar-refractivity contribution in [3.63, 3.8) is 0 Å². The van der Waals surface area contributed by atoms with Crippen LogP contribution >= 0.6 is 0 Å². The van der Waals surface area contributed by atoms with Gasteiger partial charge in [0, 0.05) is 20.2 Å². The molecule has 3 nitrogen and oxygen atoms in total. The second kappa shape index (κ2) is 7.29. The maximum Gasteiger partial charge on any atom is 0.224 e. The van der Waals surface area contributed by atoms with Crippen LogP contribution in [0.1, 0.15) is 37.2 Å². The van der Waals surface area contributed by atoms with E-state index in [2.05, 4.69) is 30.3 Å². The van der Waals surface area contributed by atoms with E-state index in [9.17, 15) is 4.79 Å². The van der Waals surface area contributed by atoms with Gasteiger partial charge in [0.25, 0.3) is 0 Å². The number of nitrogens with zero attached hydrogens (tertiary/aromatic N) is 1. The summed E-state index contributed by atoms with van der Waals surface area (Å²) in [6, 6.07) is 10.7. The molecule has 1 atom stereocenters. The summed E-state index contributed by atoms with van der Waals surface area (Å²) in [4.78, 5) is 14.0. The lowest BCUT2D eigenvalue weighted by Crippen LogP contribution is -2.32. The topological polar surface area (TPSA) is 29.5 Å². The van der Waals surface area contributed by atoms with Crippen molar-refractivity contribution in [2.24, 2.45) is 0 Å². The first kappa shape index (κ1) is 14.1. The van der Waals surface area contributed by atoms with E-state index in [1.54, 1.807) is 7.11 Å². The minimum Gasteiger partial charge on any atom is -0.384 e. The zero-order valence-corrected chi connectivity index (χ0v) is 11.7. The Labute approximate surface area is 115 Å². The zero-order valence-electron chi connectivity index (χ0n) is 11.7. The Morgan fingerprint density at radius 3 is 2.79 bits per heavy atom. The molecule has 0 saturated carbocycles. The Morgan fingerprint density at radius 2 is 2.05 bits per heavy atom. The average molecular weight is 261 g/mol.